The van der Waals surface area contributed by atoms with E-state index in [9.17, 15) is 9.59 Å². The van der Waals surface area contributed by atoms with E-state index in [1.165, 1.54) is 11.8 Å². The van der Waals surface area contributed by atoms with Crippen LogP contribution in [0.4, 0.5) is 11.4 Å². The van der Waals surface area contributed by atoms with Crippen molar-refractivity contribution in [3.63, 3.8) is 0 Å². The molecule has 0 aromatic heterocycles. The Hall–Kier alpha value is -2.77. The van der Waals surface area contributed by atoms with E-state index in [1.54, 1.807) is 31.4 Å². The number of benzene rings is 3. The van der Waals surface area contributed by atoms with Crippen molar-refractivity contribution in [2.24, 2.45) is 0 Å². The fourth-order valence-corrected chi connectivity index (χ4v) is 3.53. The molecule has 0 saturated heterocycles. The second-order valence-corrected chi connectivity index (χ2v) is 8.02. The third-order valence-corrected chi connectivity index (χ3v) is 5.44. The predicted molar refractivity (Wildman–Crippen MR) is 121 cm³/mol. The SMILES string of the molecule is COc1cccc(C(=O)Nc2cccc(SCC(=O)Nc3ccc(Br)cc3)c2)c1. The number of rotatable bonds is 7. The summed E-state index contributed by atoms with van der Waals surface area (Å²) in [6.45, 7) is 0. The van der Waals surface area contributed by atoms with Gasteiger partial charge in [0.1, 0.15) is 5.75 Å². The molecule has 29 heavy (non-hydrogen) atoms. The lowest BCUT2D eigenvalue weighted by Gasteiger charge is -2.09. The summed E-state index contributed by atoms with van der Waals surface area (Å²) < 4.78 is 6.11. The minimum absolute atomic E-state index is 0.0943. The maximum absolute atomic E-state index is 12.4. The predicted octanol–water partition coefficient (Wildman–Crippen LogP) is 5.44. The zero-order valence-corrected chi connectivity index (χ0v) is 18.0. The summed E-state index contributed by atoms with van der Waals surface area (Å²) in [6.07, 6.45) is 0. The molecule has 0 aliphatic heterocycles. The number of carbonyl (C=O) groups excluding carboxylic acids is 2. The average Bonchev–Trinajstić information content (AvgIpc) is 2.74. The third-order valence-electron chi connectivity index (χ3n) is 3.92. The van der Waals surface area contributed by atoms with Crippen LogP contribution < -0.4 is 15.4 Å². The van der Waals surface area contributed by atoms with Crippen LogP contribution in [0.5, 0.6) is 5.75 Å². The second-order valence-electron chi connectivity index (χ2n) is 6.06. The molecule has 0 aliphatic rings. The van der Waals surface area contributed by atoms with E-state index < -0.39 is 0 Å². The van der Waals surface area contributed by atoms with Crippen LogP contribution in [0, 0.1) is 0 Å². The molecule has 0 unspecified atom stereocenters. The van der Waals surface area contributed by atoms with Gasteiger partial charge >= 0.3 is 0 Å². The van der Waals surface area contributed by atoms with Gasteiger partial charge in [0.2, 0.25) is 5.91 Å². The fraction of sp³-hybridized carbons (Fsp3) is 0.0909. The zero-order chi connectivity index (χ0) is 20.6. The third kappa shape index (κ3) is 6.37. The number of amides is 2. The molecule has 3 aromatic carbocycles. The van der Waals surface area contributed by atoms with Gasteiger partial charge in [-0.3, -0.25) is 9.59 Å². The van der Waals surface area contributed by atoms with Gasteiger partial charge in [-0.15, -0.1) is 11.8 Å². The molecule has 0 atom stereocenters. The monoisotopic (exact) mass is 470 g/mol. The van der Waals surface area contributed by atoms with Crippen LogP contribution in [0.1, 0.15) is 10.4 Å². The number of hydrogen-bond donors (Lipinski definition) is 2. The number of thioether (sulfide) groups is 1. The molecule has 0 bridgehead atoms. The van der Waals surface area contributed by atoms with Crippen molar-refractivity contribution < 1.29 is 14.3 Å². The lowest BCUT2D eigenvalue weighted by atomic mass is 10.2. The summed E-state index contributed by atoms with van der Waals surface area (Å²) in [6, 6.07) is 21.8. The Labute approximate surface area is 182 Å². The molecular weight excluding hydrogens is 452 g/mol. The van der Waals surface area contributed by atoms with Crippen LogP contribution in [-0.2, 0) is 4.79 Å². The van der Waals surface area contributed by atoms with E-state index in [4.69, 9.17) is 4.74 Å². The van der Waals surface area contributed by atoms with Gasteiger partial charge in [-0.25, -0.2) is 0 Å². The number of ether oxygens (including phenoxy) is 1. The van der Waals surface area contributed by atoms with Gasteiger partial charge in [-0.2, -0.15) is 0 Å². The number of methoxy groups -OCH3 is 1. The van der Waals surface area contributed by atoms with E-state index in [1.807, 2.05) is 48.5 Å². The maximum atomic E-state index is 12.4. The van der Waals surface area contributed by atoms with Crippen molar-refractivity contribution in [2.75, 3.05) is 23.5 Å². The van der Waals surface area contributed by atoms with Crippen LogP contribution >= 0.6 is 27.7 Å². The first-order valence-corrected chi connectivity index (χ1v) is 10.5. The molecule has 2 amide bonds. The number of halogens is 1. The maximum Gasteiger partial charge on any atom is 0.255 e. The molecule has 0 spiro atoms. The normalized spacial score (nSPS) is 10.3. The summed E-state index contributed by atoms with van der Waals surface area (Å²) in [7, 11) is 1.56. The lowest BCUT2D eigenvalue weighted by Crippen LogP contribution is -2.14. The molecular formula is C22H19BrN2O3S. The van der Waals surface area contributed by atoms with Crippen molar-refractivity contribution in [2.45, 2.75) is 4.90 Å². The Kier molecular flexibility index (Phi) is 7.32. The van der Waals surface area contributed by atoms with Crippen molar-refractivity contribution in [3.05, 3.63) is 82.8 Å². The zero-order valence-electron chi connectivity index (χ0n) is 15.6. The first kappa shape index (κ1) is 21.0. The Morgan fingerprint density at radius 1 is 0.931 bits per heavy atom. The highest BCUT2D eigenvalue weighted by Gasteiger charge is 2.09. The van der Waals surface area contributed by atoms with Gasteiger partial charge in [0.05, 0.1) is 12.9 Å². The first-order chi connectivity index (χ1) is 14.0. The first-order valence-electron chi connectivity index (χ1n) is 8.77. The average molecular weight is 471 g/mol. The van der Waals surface area contributed by atoms with Crippen LogP contribution in [0.25, 0.3) is 0 Å². The molecule has 0 heterocycles. The van der Waals surface area contributed by atoms with Gasteiger partial charge in [0.15, 0.2) is 0 Å². The van der Waals surface area contributed by atoms with Gasteiger partial charge in [-0.1, -0.05) is 28.1 Å². The van der Waals surface area contributed by atoms with Gasteiger partial charge in [0.25, 0.3) is 5.91 Å². The van der Waals surface area contributed by atoms with Gasteiger partial charge in [-0.05, 0) is 60.7 Å². The number of carbonyl (C=O) groups is 2. The molecule has 0 aliphatic carbocycles. The largest absolute Gasteiger partial charge is 0.497 e. The second kappa shape index (κ2) is 10.1. The summed E-state index contributed by atoms with van der Waals surface area (Å²) in [5.41, 5.74) is 1.92. The summed E-state index contributed by atoms with van der Waals surface area (Å²) in [4.78, 5) is 25.5. The molecule has 3 rings (SSSR count). The van der Waals surface area contributed by atoms with Crippen molar-refractivity contribution >= 4 is 50.9 Å². The van der Waals surface area contributed by atoms with Crippen molar-refractivity contribution in [3.8, 4) is 5.75 Å². The van der Waals surface area contributed by atoms with Crippen LogP contribution in [0.3, 0.4) is 0 Å². The summed E-state index contributed by atoms with van der Waals surface area (Å²) in [5, 5.41) is 5.73. The molecule has 2 N–H and O–H groups in total. The van der Waals surface area contributed by atoms with E-state index in [-0.39, 0.29) is 17.6 Å². The van der Waals surface area contributed by atoms with E-state index in [0.717, 1.165) is 15.1 Å². The molecule has 0 fully saturated rings. The van der Waals surface area contributed by atoms with Crippen molar-refractivity contribution in [1.82, 2.24) is 0 Å². The molecule has 5 nitrogen and oxygen atoms in total. The van der Waals surface area contributed by atoms with Crippen LogP contribution in [0.2, 0.25) is 0 Å². The quantitative estimate of drug-likeness (QED) is 0.451. The molecule has 0 radical (unpaired) electrons. The van der Waals surface area contributed by atoms with E-state index >= 15 is 0 Å². The standard InChI is InChI=1S/C22H19BrN2O3S/c1-28-19-6-2-4-15(12-19)22(27)25-18-5-3-7-20(13-18)29-14-21(26)24-17-10-8-16(23)9-11-17/h2-13H,14H2,1H3,(H,24,26)(H,25,27). The fourth-order valence-electron chi connectivity index (χ4n) is 2.51. The van der Waals surface area contributed by atoms with Gasteiger partial charge < -0.3 is 15.4 Å². The van der Waals surface area contributed by atoms with Gasteiger partial charge in [0, 0.05) is 26.3 Å². The Balaban J connectivity index is 1.56. The van der Waals surface area contributed by atoms with Crippen LogP contribution in [0.15, 0.2) is 82.2 Å². The van der Waals surface area contributed by atoms with Crippen LogP contribution in [-0.4, -0.2) is 24.7 Å². The Morgan fingerprint density at radius 3 is 2.45 bits per heavy atom. The molecule has 3 aromatic rings. The Bertz CT molecular complexity index is 1010. The minimum Gasteiger partial charge on any atom is -0.497 e. The highest BCUT2D eigenvalue weighted by molar-refractivity contribution is 9.10. The number of anilines is 2. The number of nitrogens with one attached hydrogen (secondary N) is 2. The van der Waals surface area contributed by atoms with E-state index in [0.29, 0.717) is 17.0 Å². The topological polar surface area (TPSA) is 67.4 Å². The molecule has 148 valence electrons. The highest BCUT2D eigenvalue weighted by atomic mass is 79.9. The summed E-state index contributed by atoms with van der Waals surface area (Å²) in [5.74, 6) is 0.574. The van der Waals surface area contributed by atoms with Crippen molar-refractivity contribution in [1.29, 1.82) is 0 Å². The highest BCUT2D eigenvalue weighted by Crippen LogP contribution is 2.23. The molecule has 0 saturated carbocycles. The smallest absolute Gasteiger partial charge is 0.255 e. The lowest BCUT2D eigenvalue weighted by molar-refractivity contribution is -0.113. The molecule has 7 heteroatoms. The minimum atomic E-state index is -0.223. The summed E-state index contributed by atoms with van der Waals surface area (Å²) >= 11 is 4.77. The number of hydrogen-bond acceptors (Lipinski definition) is 4. The van der Waals surface area contributed by atoms with E-state index in [2.05, 4.69) is 26.6 Å². The Morgan fingerprint density at radius 2 is 1.69 bits per heavy atom.